The number of carbonyl (C=O) groups excluding carboxylic acids is 2. The fraction of sp³-hybridized carbons (Fsp3) is 0.0500. The van der Waals surface area contributed by atoms with E-state index < -0.39 is 0 Å². The molecule has 0 atom stereocenters. The number of aromatic nitrogens is 1. The van der Waals surface area contributed by atoms with Gasteiger partial charge in [0, 0.05) is 35.4 Å². The van der Waals surface area contributed by atoms with Crippen LogP contribution in [0.15, 0.2) is 60.4 Å². The van der Waals surface area contributed by atoms with Crippen LogP contribution in [-0.4, -0.2) is 14.9 Å². The van der Waals surface area contributed by atoms with E-state index in [1.165, 1.54) is 0 Å². The lowest BCUT2D eigenvalue weighted by Crippen LogP contribution is -2.10. The predicted molar refractivity (Wildman–Crippen MR) is 101 cm³/mol. The number of carbonyl (C=O) groups is 2. The summed E-state index contributed by atoms with van der Waals surface area (Å²) in [5.41, 5.74) is 3.97. The van der Waals surface area contributed by atoms with Gasteiger partial charge in [0.25, 0.3) is 5.24 Å². The summed E-state index contributed by atoms with van der Waals surface area (Å²) in [5, 5.41) is 11.9. The fourth-order valence-corrected chi connectivity index (χ4v) is 3.52. The molecular formula is C20H13N3O2S. The average molecular weight is 359 g/mol. The molecule has 1 aromatic heterocycles. The van der Waals surface area contributed by atoms with Gasteiger partial charge in [-0.05, 0) is 41.5 Å². The van der Waals surface area contributed by atoms with Gasteiger partial charge in [0.2, 0.25) is 5.12 Å². The van der Waals surface area contributed by atoms with E-state index >= 15 is 0 Å². The summed E-state index contributed by atoms with van der Waals surface area (Å²) in [7, 11) is 0. The molecule has 1 amide bonds. The van der Waals surface area contributed by atoms with Crippen LogP contribution in [-0.2, 0) is 11.3 Å². The van der Waals surface area contributed by atoms with Crippen LogP contribution in [0.4, 0.5) is 4.79 Å². The molecule has 6 heteroatoms. The molecule has 0 unspecified atom stereocenters. The van der Waals surface area contributed by atoms with Gasteiger partial charge in [0.15, 0.2) is 0 Å². The minimum atomic E-state index is -0.341. The van der Waals surface area contributed by atoms with Gasteiger partial charge in [-0.2, -0.15) is 5.26 Å². The minimum Gasteiger partial charge on any atom is -0.343 e. The van der Waals surface area contributed by atoms with Crippen molar-refractivity contribution < 1.29 is 9.59 Å². The van der Waals surface area contributed by atoms with Crippen molar-refractivity contribution in [2.75, 3.05) is 0 Å². The Morgan fingerprint density at radius 1 is 1.12 bits per heavy atom. The van der Waals surface area contributed by atoms with Crippen molar-refractivity contribution in [2.45, 2.75) is 6.54 Å². The molecule has 2 heterocycles. The normalized spacial score (nSPS) is 15.4. The maximum Gasteiger partial charge on any atom is 0.291 e. The summed E-state index contributed by atoms with van der Waals surface area (Å²) in [6.45, 7) is 0.681. The zero-order valence-electron chi connectivity index (χ0n) is 13.6. The first-order chi connectivity index (χ1) is 12.6. The lowest BCUT2D eigenvalue weighted by molar-refractivity contribution is -0.107. The first-order valence-corrected chi connectivity index (χ1v) is 8.77. The maximum atomic E-state index is 11.8. The van der Waals surface area contributed by atoms with Gasteiger partial charge in [-0.25, -0.2) is 0 Å². The third-order valence-electron chi connectivity index (χ3n) is 4.23. The summed E-state index contributed by atoms with van der Waals surface area (Å²) in [5.74, 6) is 0. The van der Waals surface area contributed by atoms with Crippen molar-refractivity contribution in [2.24, 2.45) is 0 Å². The van der Waals surface area contributed by atoms with Crippen LogP contribution in [0.3, 0.4) is 0 Å². The Morgan fingerprint density at radius 3 is 2.62 bits per heavy atom. The summed E-state index contributed by atoms with van der Waals surface area (Å²) >= 11 is 0.678. The molecule has 2 aromatic carbocycles. The van der Waals surface area contributed by atoms with Crippen LogP contribution in [0, 0.1) is 11.3 Å². The standard InChI is InChI=1S/C20H13N3O2S/c21-11-13-4-6-14(7-5-13)12-23-9-8-16-15(2-1-3-18(16)23)10-17-19(24)26-20(25)22-17/h1-10H,12H2,(H,22,25). The average Bonchev–Trinajstić information content (AvgIpc) is 3.19. The molecule has 0 bridgehead atoms. The monoisotopic (exact) mass is 359 g/mol. The van der Waals surface area contributed by atoms with Crippen LogP contribution in [0.1, 0.15) is 16.7 Å². The van der Waals surface area contributed by atoms with Crippen LogP contribution < -0.4 is 5.32 Å². The second-order valence-electron chi connectivity index (χ2n) is 5.89. The van der Waals surface area contributed by atoms with E-state index in [0.29, 0.717) is 29.6 Å². The van der Waals surface area contributed by atoms with Crippen molar-refractivity contribution in [1.82, 2.24) is 9.88 Å². The van der Waals surface area contributed by atoms with Crippen molar-refractivity contribution in [1.29, 1.82) is 5.26 Å². The van der Waals surface area contributed by atoms with E-state index in [9.17, 15) is 9.59 Å². The van der Waals surface area contributed by atoms with Crippen LogP contribution >= 0.6 is 11.8 Å². The van der Waals surface area contributed by atoms with E-state index in [1.807, 2.05) is 54.7 Å². The zero-order valence-corrected chi connectivity index (χ0v) is 14.4. The number of amides is 1. The third kappa shape index (κ3) is 3.01. The number of nitriles is 1. The number of fused-ring (bicyclic) bond motifs is 1. The van der Waals surface area contributed by atoms with Crippen molar-refractivity contribution >= 4 is 39.1 Å². The molecule has 4 rings (SSSR count). The number of rotatable bonds is 3. The van der Waals surface area contributed by atoms with Crippen molar-refractivity contribution in [3.8, 4) is 6.07 Å². The molecule has 0 spiro atoms. The van der Waals surface area contributed by atoms with E-state index in [-0.39, 0.29) is 10.4 Å². The zero-order chi connectivity index (χ0) is 18.1. The molecule has 1 aliphatic heterocycles. The first kappa shape index (κ1) is 16.2. The molecular weight excluding hydrogens is 346 g/mol. The molecule has 126 valence electrons. The predicted octanol–water partition coefficient (Wildman–Crippen LogP) is 3.89. The molecule has 1 fully saturated rings. The van der Waals surface area contributed by atoms with Gasteiger partial charge in [-0.3, -0.25) is 9.59 Å². The van der Waals surface area contributed by atoms with Gasteiger partial charge in [0.1, 0.15) is 0 Å². The van der Waals surface area contributed by atoms with E-state index in [4.69, 9.17) is 5.26 Å². The molecule has 1 saturated heterocycles. The smallest absolute Gasteiger partial charge is 0.291 e. The molecule has 1 aliphatic rings. The Hall–Kier alpha value is -3.30. The quantitative estimate of drug-likeness (QED) is 0.720. The molecule has 0 aliphatic carbocycles. The Labute approximate surface area is 153 Å². The lowest BCUT2D eigenvalue weighted by atomic mass is 10.1. The van der Waals surface area contributed by atoms with Crippen molar-refractivity contribution in [3.63, 3.8) is 0 Å². The topological polar surface area (TPSA) is 74.9 Å². The first-order valence-electron chi connectivity index (χ1n) is 7.96. The Morgan fingerprint density at radius 2 is 1.92 bits per heavy atom. The van der Waals surface area contributed by atoms with Crippen molar-refractivity contribution in [3.05, 3.63) is 77.1 Å². The third-order valence-corrected chi connectivity index (χ3v) is 4.92. The number of hydrogen-bond donors (Lipinski definition) is 1. The number of hydrogen-bond acceptors (Lipinski definition) is 4. The molecule has 0 radical (unpaired) electrons. The van der Waals surface area contributed by atoms with Gasteiger partial charge < -0.3 is 9.88 Å². The maximum absolute atomic E-state index is 11.8. The minimum absolute atomic E-state index is 0.260. The summed E-state index contributed by atoms with van der Waals surface area (Å²) < 4.78 is 2.11. The van der Waals surface area contributed by atoms with Gasteiger partial charge >= 0.3 is 0 Å². The number of nitrogens with zero attached hydrogens (tertiary/aromatic N) is 2. The highest BCUT2D eigenvalue weighted by molar-refractivity contribution is 8.27. The summed E-state index contributed by atoms with van der Waals surface area (Å²) in [4.78, 5) is 23.1. The van der Waals surface area contributed by atoms with Crippen LogP contribution in [0.5, 0.6) is 0 Å². The van der Waals surface area contributed by atoms with E-state index in [0.717, 1.165) is 22.0 Å². The highest BCUT2D eigenvalue weighted by Gasteiger charge is 2.25. The van der Waals surface area contributed by atoms with Crippen LogP contribution in [0.25, 0.3) is 17.0 Å². The highest BCUT2D eigenvalue weighted by atomic mass is 32.2. The fourth-order valence-electron chi connectivity index (χ4n) is 2.97. The number of benzene rings is 2. The Kier molecular flexibility index (Phi) is 4.07. The second kappa shape index (κ2) is 6.54. The van der Waals surface area contributed by atoms with Crippen LogP contribution in [0.2, 0.25) is 0 Å². The molecule has 3 aromatic rings. The summed E-state index contributed by atoms with van der Waals surface area (Å²) in [6.07, 6.45) is 3.71. The molecule has 26 heavy (non-hydrogen) atoms. The SMILES string of the molecule is N#Cc1ccc(Cn2ccc3c(C=C4NC(=O)SC4=O)cccc32)cc1. The largest absolute Gasteiger partial charge is 0.343 e. The highest BCUT2D eigenvalue weighted by Crippen LogP contribution is 2.26. The van der Waals surface area contributed by atoms with E-state index in [2.05, 4.69) is 16.0 Å². The number of thioether (sulfide) groups is 1. The van der Waals surface area contributed by atoms with E-state index in [1.54, 1.807) is 6.08 Å². The van der Waals surface area contributed by atoms with Gasteiger partial charge in [-0.1, -0.05) is 24.3 Å². The lowest BCUT2D eigenvalue weighted by Gasteiger charge is -2.07. The Balaban J connectivity index is 1.69. The summed E-state index contributed by atoms with van der Waals surface area (Å²) in [6, 6.07) is 17.5. The van der Waals surface area contributed by atoms with Gasteiger partial charge in [0.05, 0.1) is 17.3 Å². The molecule has 1 N–H and O–H groups in total. The Bertz CT molecular complexity index is 1100. The second-order valence-corrected chi connectivity index (χ2v) is 6.84. The molecule has 0 saturated carbocycles. The number of nitrogens with one attached hydrogen (secondary N) is 1. The molecule has 5 nitrogen and oxygen atoms in total. The van der Waals surface area contributed by atoms with Gasteiger partial charge in [-0.15, -0.1) is 0 Å².